The van der Waals surface area contributed by atoms with Crippen LogP contribution in [0.25, 0.3) is 0 Å². The summed E-state index contributed by atoms with van der Waals surface area (Å²) in [6.45, 7) is 1.46. The highest BCUT2D eigenvalue weighted by atomic mass is 32.2. The third-order valence-corrected chi connectivity index (χ3v) is 3.59. The van der Waals surface area contributed by atoms with E-state index in [1.807, 2.05) is 24.5 Å². The lowest BCUT2D eigenvalue weighted by Crippen LogP contribution is -2.12. The van der Waals surface area contributed by atoms with E-state index in [1.54, 1.807) is 42.1 Å². The first-order valence-corrected chi connectivity index (χ1v) is 8.25. The van der Waals surface area contributed by atoms with Crippen LogP contribution in [0.5, 0.6) is 0 Å². The van der Waals surface area contributed by atoms with Gasteiger partial charge in [0.15, 0.2) is 0 Å². The predicted octanol–water partition coefficient (Wildman–Crippen LogP) is 3.76. The van der Waals surface area contributed by atoms with Gasteiger partial charge in [-0.05, 0) is 48.2 Å². The molecule has 22 heavy (non-hydrogen) atoms. The summed E-state index contributed by atoms with van der Waals surface area (Å²) in [5, 5.41) is 5.53. The van der Waals surface area contributed by atoms with Gasteiger partial charge in [-0.15, -0.1) is 0 Å². The van der Waals surface area contributed by atoms with Crippen molar-refractivity contribution in [1.29, 1.82) is 0 Å². The molecule has 0 aromatic heterocycles. The third kappa shape index (κ3) is 4.63. The average Bonchev–Trinajstić information content (AvgIpc) is 2.49. The normalized spacial score (nSPS) is 10.1. The highest BCUT2D eigenvalue weighted by Crippen LogP contribution is 2.16. The van der Waals surface area contributed by atoms with Gasteiger partial charge in [0.05, 0.1) is 0 Å². The van der Waals surface area contributed by atoms with Crippen LogP contribution in [0.1, 0.15) is 22.8 Å². The summed E-state index contributed by atoms with van der Waals surface area (Å²) < 4.78 is 0. The summed E-state index contributed by atoms with van der Waals surface area (Å²) >= 11 is 1.72. The second-order valence-electron chi connectivity index (χ2n) is 4.85. The van der Waals surface area contributed by atoms with Gasteiger partial charge in [-0.3, -0.25) is 9.59 Å². The number of nitrogens with one attached hydrogen (secondary N) is 2. The lowest BCUT2D eigenvalue weighted by atomic mass is 10.1. The molecule has 114 valence electrons. The van der Waals surface area contributed by atoms with Crippen LogP contribution in [-0.4, -0.2) is 18.1 Å². The van der Waals surface area contributed by atoms with E-state index in [2.05, 4.69) is 10.6 Å². The fraction of sp³-hybridized carbons (Fsp3) is 0.176. The van der Waals surface area contributed by atoms with Crippen LogP contribution in [0, 0.1) is 0 Å². The fourth-order valence-corrected chi connectivity index (χ4v) is 2.53. The van der Waals surface area contributed by atoms with E-state index in [0.717, 1.165) is 11.3 Å². The molecule has 0 radical (unpaired) electrons. The van der Waals surface area contributed by atoms with Gasteiger partial charge < -0.3 is 10.6 Å². The molecule has 2 aromatic carbocycles. The summed E-state index contributed by atoms with van der Waals surface area (Å²) in [5.41, 5.74) is 3.15. The first-order valence-electron chi connectivity index (χ1n) is 6.85. The van der Waals surface area contributed by atoms with Crippen LogP contribution in [-0.2, 0) is 10.5 Å². The molecule has 0 heterocycles. The molecule has 0 saturated heterocycles. The molecule has 0 saturated carbocycles. The minimum absolute atomic E-state index is 0.123. The molecule has 2 N–H and O–H groups in total. The molecule has 2 amide bonds. The molecule has 0 spiro atoms. The van der Waals surface area contributed by atoms with Crippen molar-refractivity contribution in [3.8, 4) is 0 Å². The Hall–Kier alpha value is -2.27. The van der Waals surface area contributed by atoms with Crippen LogP contribution in [0.2, 0.25) is 0 Å². The summed E-state index contributed by atoms with van der Waals surface area (Å²) in [6, 6.07) is 14.6. The van der Waals surface area contributed by atoms with E-state index in [4.69, 9.17) is 0 Å². The average molecular weight is 314 g/mol. The maximum Gasteiger partial charge on any atom is 0.255 e. The van der Waals surface area contributed by atoms with Crippen LogP contribution in [0.3, 0.4) is 0 Å². The van der Waals surface area contributed by atoms with Crippen molar-refractivity contribution >= 4 is 35.0 Å². The van der Waals surface area contributed by atoms with Crippen LogP contribution in [0.15, 0.2) is 48.5 Å². The molecule has 0 bridgehead atoms. The third-order valence-electron chi connectivity index (χ3n) is 2.96. The number of carbonyl (C=O) groups excluding carboxylic acids is 2. The lowest BCUT2D eigenvalue weighted by Gasteiger charge is -2.08. The van der Waals surface area contributed by atoms with Crippen molar-refractivity contribution in [2.75, 3.05) is 16.9 Å². The first-order chi connectivity index (χ1) is 10.6. The molecule has 0 aliphatic rings. The Morgan fingerprint density at radius 2 is 1.64 bits per heavy atom. The number of hydrogen-bond acceptors (Lipinski definition) is 3. The van der Waals surface area contributed by atoms with Gasteiger partial charge in [0.1, 0.15) is 0 Å². The Kier molecular flexibility index (Phi) is 5.61. The van der Waals surface area contributed by atoms with E-state index in [1.165, 1.54) is 6.92 Å². The van der Waals surface area contributed by atoms with Gasteiger partial charge in [-0.25, -0.2) is 0 Å². The molecule has 2 aromatic rings. The first kappa shape index (κ1) is 16.1. The smallest absolute Gasteiger partial charge is 0.255 e. The second-order valence-corrected chi connectivity index (χ2v) is 5.71. The molecular weight excluding hydrogens is 296 g/mol. The quantitative estimate of drug-likeness (QED) is 0.883. The Labute approximate surface area is 134 Å². The molecule has 0 aliphatic carbocycles. The van der Waals surface area contributed by atoms with Gasteiger partial charge in [0, 0.05) is 29.6 Å². The maximum absolute atomic E-state index is 12.2. The number of amides is 2. The Morgan fingerprint density at radius 1 is 1.00 bits per heavy atom. The summed E-state index contributed by atoms with van der Waals surface area (Å²) in [6.07, 6.45) is 2.03. The topological polar surface area (TPSA) is 58.2 Å². The number of rotatable bonds is 5. The number of anilines is 2. The molecule has 0 fully saturated rings. The Morgan fingerprint density at radius 3 is 2.23 bits per heavy atom. The van der Waals surface area contributed by atoms with E-state index in [9.17, 15) is 9.59 Å². The van der Waals surface area contributed by atoms with Crippen LogP contribution in [0.4, 0.5) is 11.4 Å². The molecule has 2 rings (SSSR count). The van der Waals surface area contributed by atoms with Crippen molar-refractivity contribution < 1.29 is 9.59 Å². The summed E-state index contributed by atoms with van der Waals surface area (Å²) in [4.78, 5) is 23.2. The highest BCUT2D eigenvalue weighted by Gasteiger charge is 2.07. The number of thioether (sulfide) groups is 1. The van der Waals surface area contributed by atoms with E-state index in [-0.39, 0.29) is 11.8 Å². The van der Waals surface area contributed by atoms with Crippen molar-refractivity contribution in [2.24, 2.45) is 0 Å². The van der Waals surface area contributed by atoms with E-state index < -0.39 is 0 Å². The van der Waals surface area contributed by atoms with Gasteiger partial charge in [0.25, 0.3) is 5.91 Å². The monoisotopic (exact) mass is 314 g/mol. The van der Waals surface area contributed by atoms with Gasteiger partial charge >= 0.3 is 0 Å². The predicted molar refractivity (Wildman–Crippen MR) is 92.4 cm³/mol. The zero-order valence-corrected chi connectivity index (χ0v) is 13.4. The number of carbonyl (C=O) groups is 2. The SMILES string of the molecule is CSCc1cccc(C(=O)Nc2ccc(NC(C)=O)cc2)c1. The van der Waals surface area contributed by atoms with Crippen molar-refractivity contribution in [1.82, 2.24) is 0 Å². The minimum Gasteiger partial charge on any atom is -0.326 e. The molecule has 0 unspecified atom stereocenters. The summed E-state index contributed by atoms with van der Waals surface area (Å²) in [7, 11) is 0. The Bertz CT molecular complexity index is 669. The molecule has 5 heteroatoms. The van der Waals surface area contributed by atoms with Gasteiger partial charge in [-0.1, -0.05) is 12.1 Å². The van der Waals surface area contributed by atoms with Crippen LogP contribution >= 0.6 is 11.8 Å². The van der Waals surface area contributed by atoms with E-state index in [0.29, 0.717) is 16.9 Å². The van der Waals surface area contributed by atoms with E-state index >= 15 is 0 Å². The van der Waals surface area contributed by atoms with Crippen molar-refractivity contribution in [2.45, 2.75) is 12.7 Å². The standard InChI is InChI=1S/C17H18N2O2S/c1-12(20)18-15-6-8-16(9-7-15)19-17(21)14-5-3-4-13(10-14)11-22-2/h3-10H,11H2,1-2H3,(H,18,20)(H,19,21). The van der Waals surface area contributed by atoms with Gasteiger partial charge in [0.2, 0.25) is 5.91 Å². The molecule has 0 aliphatic heterocycles. The van der Waals surface area contributed by atoms with Crippen molar-refractivity contribution in [3.63, 3.8) is 0 Å². The maximum atomic E-state index is 12.2. The molecule has 0 atom stereocenters. The second kappa shape index (κ2) is 7.66. The minimum atomic E-state index is -0.143. The Balaban J connectivity index is 2.05. The molecule has 4 nitrogen and oxygen atoms in total. The number of hydrogen-bond donors (Lipinski definition) is 2. The summed E-state index contributed by atoms with van der Waals surface area (Å²) in [5.74, 6) is 0.615. The zero-order chi connectivity index (χ0) is 15.9. The zero-order valence-electron chi connectivity index (χ0n) is 12.6. The number of benzene rings is 2. The fourth-order valence-electron chi connectivity index (χ4n) is 2.01. The van der Waals surface area contributed by atoms with Crippen LogP contribution < -0.4 is 10.6 Å². The highest BCUT2D eigenvalue weighted by molar-refractivity contribution is 7.97. The van der Waals surface area contributed by atoms with Gasteiger partial charge in [-0.2, -0.15) is 11.8 Å². The van der Waals surface area contributed by atoms with Crippen molar-refractivity contribution in [3.05, 3.63) is 59.7 Å². The lowest BCUT2D eigenvalue weighted by molar-refractivity contribution is -0.114. The largest absolute Gasteiger partial charge is 0.326 e. The molecular formula is C17H18N2O2S.